The predicted octanol–water partition coefficient (Wildman–Crippen LogP) is 4.77. The predicted molar refractivity (Wildman–Crippen MR) is 280 cm³/mol. The lowest BCUT2D eigenvalue weighted by atomic mass is 9.83. The van der Waals surface area contributed by atoms with Crippen molar-refractivity contribution in [1.82, 2.24) is 50.2 Å². The number of H-pyrrole nitrogens is 1. The topological polar surface area (TPSA) is 175 Å². The number of fused-ring (bicyclic) bond motifs is 1. The first kappa shape index (κ1) is 52.3. The van der Waals surface area contributed by atoms with Crippen LogP contribution in [-0.2, 0) is 20.8 Å². The molecule has 400 valence electrons. The van der Waals surface area contributed by atoms with Crippen molar-refractivity contribution in [2.75, 3.05) is 98.2 Å². The van der Waals surface area contributed by atoms with Gasteiger partial charge in [0.25, 0.3) is 17.4 Å². The zero-order valence-electron chi connectivity index (χ0n) is 43.1. The molecular formula is C57H72F2N10O6. The third-order valence-electron chi connectivity index (χ3n) is 16.8. The van der Waals surface area contributed by atoms with Gasteiger partial charge in [0.1, 0.15) is 17.7 Å². The normalized spacial score (nSPS) is 21.1. The highest BCUT2D eigenvalue weighted by Crippen LogP contribution is 2.31. The molecule has 3 N–H and O–H groups in total. The van der Waals surface area contributed by atoms with E-state index in [9.17, 15) is 28.8 Å². The third-order valence-corrected chi connectivity index (χ3v) is 16.8. The number of aromatic amines is 1. The number of halogens is 2. The summed E-state index contributed by atoms with van der Waals surface area (Å²) in [5.74, 6) is -1.56. The average molecular weight is 1030 g/mol. The van der Waals surface area contributed by atoms with Crippen molar-refractivity contribution >= 4 is 40.3 Å². The SMILES string of the molecule is O=C(NC(C(=O)N1CCN(CC2CCN(CC(=O)N3CCN(C(=O)c4cc(Cc5n[nH]c(=O)c6ccccc56)ccc4F)CC3)CC2)CC1)C1CCCCC1)c1cc(F)cc(C2CCCN(C(=O)CNC3CC3)C2)c1. The lowest BCUT2D eigenvalue weighted by Crippen LogP contribution is -2.57. The Morgan fingerprint density at radius 1 is 0.680 bits per heavy atom. The van der Waals surface area contributed by atoms with E-state index in [1.807, 2.05) is 21.9 Å². The molecule has 2 unspecified atom stereocenters. The van der Waals surface area contributed by atoms with Crippen LogP contribution in [0.2, 0.25) is 0 Å². The van der Waals surface area contributed by atoms with Crippen LogP contribution in [0.4, 0.5) is 8.78 Å². The highest BCUT2D eigenvalue weighted by molar-refractivity contribution is 5.98. The largest absolute Gasteiger partial charge is 0.341 e. The van der Waals surface area contributed by atoms with Crippen LogP contribution in [0.15, 0.2) is 65.5 Å². The van der Waals surface area contributed by atoms with Gasteiger partial charge in [0.2, 0.25) is 17.7 Å². The lowest BCUT2D eigenvalue weighted by Gasteiger charge is -2.41. The maximum absolute atomic E-state index is 15.3. The van der Waals surface area contributed by atoms with Gasteiger partial charge in [-0.05, 0) is 124 Å². The van der Waals surface area contributed by atoms with E-state index in [-0.39, 0.29) is 46.2 Å². The first-order valence-corrected chi connectivity index (χ1v) is 27.6. The van der Waals surface area contributed by atoms with E-state index in [1.54, 1.807) is 40.1 Å². The molecule has 2 aliphatic carbocycles. The molecule has 5 heterocycles. The van der Waals surface area contributed by atoms with Crippen molar-refractivity contribution < 1.29 is 32.8 Å². The van der Waals surface area contributed by atoms with E-state index in [4.69, 9.17) is 0 Å². The molecule has 5 amide bonds. The molecule has 6 aliphatic rings. The number of hydrogen-bond donors (Lipinski definition) is 3. The summed E-state index contributed by atoms with van der Waals surface area (Å²) in [4.78, 5) is 92.6. The van der Waals surface area contributed by atoms with Crippen LogP contribution in [0.5, 0.6) is 0 Å². The molecule has 4 saturated heterocycles. The first-order chi connectivity index (χ1) is 36.4. The highest BCUT2D eigenvalue weighted by Gasteiger charge is 2.37. The number of carbonyl (C=O) groups excluding carboxylic acids is 5. The van der Waals surface area contributed by atoms with Crippen LogP contribution in [0.1, 0.15) is 114 Å². The zero-order chi connectivity index (χ0) is 52.0. The molecule has 18 heteroatoms. The standard InChI is InChI=1S/C57H72F2N10O6/c58-44-32-42(41-9-6-18-69(36-41)51(70)34-60-45-13-14-45)31-43(33-44)54(72)61-53(40-7-2-1-3-8-40)57(75)68-23-21-65(22-24-68)35-38-16-19-64(20-17-38)37-52(71)66-25-27-67(28-26-66)56(74)48-29-39(12-15-49(48)59)30-50-46-10-4-5-11-47(46)55(73)63-62-50/h4-5,10-12,15,29,31-33,38,40-41,45,53,60H,1-3,6-9,13-14,16-28,30,34-37H2,(H,61,72)(H,63,73). The van der Waals surface area contributed by atoms with Gasteiger partial charge in [-0.25, -0.2) is 13.9 Å². The minimum atomic E-state index is -0.690. The summed E-state index contributed by atoms with van der Waals surface area (Å²) >= 11 is 0. The van der Waals surface area contributed by atoms with E-state index < -0.39 is 29.5 Å². The third kappa shape index (κ3) is 12.9. The summed E-state index contributed by atoms with van der Waals surface area (Å²) < 4.78 is 30.4. The number of aromatic nitrogens is 2. The highest BCUT2D eigenvalue weighted by atomic mass is 19.1. The Kier molecular flexibility index (Phi) is 16.6. The maximum Gasteiger partial charge on any atom is 0.272 e. The summed E-state index contributed by atoms with van der Waals surface area (Å²) in [6.07, 6.45) is 10.9. The number of amides is 5. The van der Waals surface area contributed by atoms with E-state index >= 15 is 8.78 Å². The second kappa shape index (κ2) is 23.8. The van der Waals surface area contributed by atoms with Gasteiger partial charge >= 0.3 is 0 Å². The van der Waals surface area contributed by atoms with Crippen LogP contribution in [0, 0.1) is 23.5 Å². The van der Waals surface area contributed by atoms with Crippen molar-refractivity contribution in [3.05, 3.63) is 111 Å². The molecule has 0 spiro atoms. The molecule has 1 aromatic heterocycles. The zero-order valence-corrected chi connectivity index (χ0v) is 43.1. The average Bonchev–Trinajstić information content (AvgIpc) is 4.28. The smallest absolute Gasteiger partial charge is 0.272 e. The van der Waals surface area contributed by atoms with E-state index in [0.717, 1.165) is 103 Å². The number of piperidine rings is 2. The summed E-state index contributed by atoms with van der Waals surface area (Å²) in [5.41, 5.74) is 1.90. The number of hydrogen-bond acceptors (Lipinski definition) is 10. The van der Waals surface area contributed by atoms with E-state index in [0.29, 0.717) is 111 Å². The van der Waals surface area contributed by atoms with Gasteiger partial charge in [-0.15, -0.1) is 0 Å². The fraction of sp³-hybridized carbons (Fsp3) is 0.561. The second-order valence-electron chi connectivity index (χ2n) is 22.0. The Labute approximate surface area is 437 Å². The van der Waals surface area contributed by atoms with Gasteiger partial charge in [-0.1, -0.05) is 43.5 Å². The quantitative estimate of drug-likeness (QED) is 0.151. The molecule has 0 radical (unpaired) electrons. The van der Waals surface area contributed by atoms with Gasteiger partial charge < -0.3 is 30.2 Å². The summed E-state index contributed by atoms with van der Waals surface area (Å²) in [6, 6.07) is 15.9. The number of piperazine rings is 2. The molecule has 6 fully saturated rings. The van der Waals surface area contributed by atoms with E-state index in [1.165, 1.54) is 18.2 Å². The number of rotatable bonds is 15. The van der Waals surface area contributed by atoms with Gasteiger partial charge in [-0.2, -0.15) is 5.10 Å². The molecule has 16 nitrogen and oxygen atoms in total. The Morgan fingerprint density at radius 2 is 1.40 bits per heavy atom. The van der Waals surface area contributed by atoms with Crippen LogP contribution in [-0.4, -0.2) is 179 Å². The van der Waals surface area contributed by atoms with Crippen molar-refractivity contribution in [2.45, 2.75) is 95.1 Å². The Morgan fingerprint density at radius 3 is 2.15 bits per heavy atom. The van der Waals surface area contributed by atoms with Crippen molar-refractivity contribution in [2.24, 2.45) is 11.8 Å². The molecule has 0 bridgehead atoms. The number of nitrogens with zero attached hydrogens (tertiary/aromatic N) is 7. The summed E-state index contributed by atoms with van der Waals surface area (Å²) in [6.45, 7) is 8.25. The van der Waals surface area contributed by atoms with Gasteiger partial charge in [0.15, 0.2) is 0 Å². The second-order valence-corrected chi connectivity index (χ2v) is 22.0. The van der Waals surface area contributed by atoms with Gasteiger partial charge in [-0.3, -0.25) is 38.6 Å². The summed E-state index contributed by atoms with van der Waals surface area (Å²) in [5, 5.41) is 14.4. The first-order valence-electron chi connectivity index (χ1n) is 27.6. The molecular weight excluding hydrogens is 959 g/mol. The molecule has 3 aromatic carbocycles. The number of carbonyl (C=O) groups is 5. The van der Waals surface area contributed by atoms with Crippen LogP contribution in [0.3, 0.4) is 0 Å². The van der Waals surface area contributed by atoms with E-state index in [2.05, 4.69) is 30.6 Å². The minimum Gasteiger partial charge on any atom is -0.341 e. The van der Waals surface area contributed by atoms with Crippen molar-refractivity contribution in [1.29, 1.82) is 0 Å². The number of nitrogens with one attached hydrogen (secondary N) is 3. The molecule has 2 saturated carbocycles. The fourth-order valence-corrected chi connectivity index (χ4v) is 12.2. The summed E-state index contributed by atoms with van der Waals surface area (Å²) in [7, 11) is 0. The molecule has 2 atom stereocenters. The minimum absolute atomic E-state index is 0.0107. The van der Waals surface area contributed by atoms with Crippen LogP contribution in [0.25, 0.3) is 10.8 Å². The molecule has 10 rings (SSSR count). The molecule has 75 heavy (non-hydrogen) atoms. The number of likely N-dealkylation sites (tertiary alicyclic amines) is 2. The monoisotopic (exact) mass is 1030 g/mol. The van der Waals surface area contributed by atoms with Gasteiger partial charge in [0, 0.05) is 101 Å². The molecule has 4 aromatic rings. The lowest BCUT2D eigenvalue weighted by molar-refractivity contribution is -0.137. The van der Waals surface area contributed by atoms with Crippen LogP contribution >= 0.6 is 0 Å². The van der Waals surface area contributed by atoms with Crippen molar-refractivity contribution in [3.8, 4) is 0 Å². The Balaban J connectivity index is 0.660. The number of benzene rings is 3. The Hall–Kier alpha value is -6.11. The maximum atomic E-state index is 15.3. The Bertz CT molecular complexity index is 2780. The van der Waals surface area contributed by atoms with Crippen LogP contribution < -0.4 is 16.2 Å². The fourth-order valence-electron chi connectivity index (χ4n) is 12.2. The van der Waals surface area contributed by atoms with Crippen molar-refractivity contribution in [3.63, 3.8) is 0 Å². The van der Waals surface area contributed by atoms with Gasteiger partial charge in [0.05, 0.1) is 29.7 Å². The molecule has 4 aliphatic heterocycles.